The zero-order chi connectivity index (χ0) is 18.8. The lowest BCUT2D eigenvalue weighted by Crippen LogP contribution is -2.24. The number of ketones is 1. The number of nitrogens with one attached hydrogen (secondary N) is 1. The number of ether oxygens (including phenoxy) is 1. The van der Waals surface area contributed by atoms with Crippen molar-refractivity contribution in [2.75, 3.05) is 0 Å². The number of fused-ring (bicyclic) bond motifs is 1. The number of H-pyrrole nitrogens is 1. The summed E-state index contributed by atoms with van der Waals surface area (Å²) in [5, 5.41) is 0.846. The molecule has 1 N–H and O–H groups in total. The van der Waals surface area contributed by atoms with Crippen molar-refractivity contribution in [2.45, 2.75) is 39.7 Å². The van der Waals surface area contributed by atoms with Gasteiger partial charge >= 0.3 is 5.97 Å². The second kappa shape index (κ2) is 7.16. The molecule has 0 saturated heterocycles. The summed E-state index contributed by atoms with van der Waals surface area (Å²) in [5.74, 6) is -0.295. The summed E-state index contributed by atoms with van der Waals surface area (Å²) < 4.78 is 5.42. The highest BCUT2D eigenvalue weighted by Gasteiger charge is 2.24. The van der Waals surface area contributed by atoms with Gasteiger partial charge in [0.15, 0.2) is 6.10 Å². The highest BCUT2D eigenvalue weighted by Crippen LogP contribution is 2.24. The first-order valence-corrected chi connectivity index (χ1v) is 8.81. The average Bonchev–Trinajstić information content (AvgIpc) is 2.96. The van der Waals surface area contributed by atoms with Crippen LogP contribution in [-0.2, 0) is 4.74 Å². The van der Waals surface area contributed by atoms with Gasteiger partial charge < -0.3 is 9.72 Å². The fraction of sp³-hybridized carbons (Fsp3) is 0.273. The Morgan fingerprint density at radius 3 is 2.27 bits per heavy atom. The molecular formula is C22H23NO3. The van der Waals surface area contributed by atoms with Crippen molar-refractivity contribution in [2.24, 2.45) is 0 Å². The maximum atomic E-state index is 12.9. The van der Waals surface area contributed by atoms with E-state index in [0.29, 0.717) is 17.0 Å². The maximum Gasteiger partial charge on any atom is 0.338 e. The Kier molecular flexibility index (Phi) is 4.94. The molecule has 0 spiro atoms. The second-order valence-corrected chi connectivity index (χ2v) is 6.86. The van der Waals surface area contributed by atoms with Crippen LogP contribution in [0, 0.1) is 6.92 Å². The lowest BCUT2D eigenvalue weighted by atomic mass is 10.0. The quantitative estimate of drug-likeness (QED) is 0.519. The van der Waals surface area contributed by atoms with E-state index in [4.69, 9.17) is 4.74 Å². The standard InChI is InChI=1S/C22H23NO3/c1-13(2)16-9-11-17(12-10-16)22(25)26-15(4)21(24)20-14(3)23-19-8-6-5-7-18(19)20/h5-13,15,23H,1-4H3/t15-/m0/s1. The van der Waals surface area contributed by atoms with Crippen LogP contribution in [0.1, 0.15) is 58.7 Å². The van der Waals surface area contributed by atoms with Crippen molar-refractivity contribution in [3.63, 3.8) is 0 Å². The highest BCUT2D eigenvalue weighted by atomic mass is 16.5. The topological polar surface area (TPSA) is 59.2 Å². The third-order valence-corrected chi connectivity index (χ3v) is 4.61. The molecule has 0 radical (unpaired) electrons. The third kappa shape index (κ3) is 3.40. The van der Waals surface area contributed by atoms with Gasteiger partial charge in [0.05, 0.1) is 5.56 Å². The molecule has 0 unspecified atom stereocenters. The van der Waals surface area contributed by atoms with Crippen molar-refractivity contribution in [3.05, 3.63) is 70.9 Å². The molecule has 26 heavy (non-hydrogen) atoms. The Hall–Kier alpha value is -2.88. The van der Waals surface area contributed by atoms with Crippen LogP contribution in [-0.4, -0.2) is 22.8 Å². The van der Waals surface area contributed by atoms with Gasteiger partial charge in [0, 0.05) is 22.2 Å². The van der Waals surface area contributed by atoms with Crippen LogP contribution < -0.4 is 0 Å². The molecule has 0 fully saturated rings. The molecule has 2 aromatic carbocycles. The van der Waals surface area contributed by atoms with Crippen LogP contribution in [0.2, 0.25) is 0 Å². The van der Waals surface area contributed by atoms with Gasteiger partial charge in [0.25, 0.3) is 0 Å². The fourth-order valence-electron chi connectivity index (χ4n) is 3.08. The number of Topliss-reactive ketones (excluding diaryl/α,β-unsaturated/α-hetero) is 1. The van der Waals surface area contributed by atoms with E-state index >= 15 is 0 Å². The predicted octanol–water partition coefficient (Wildman–Crippen LogP) is 5.03. The van der Waals surface area contributed by atoms with Crippen molar-refractivity contribution < 1.29 is 14.3 Å². The van der Waals surface area contributed by atoms with E-state index < -0.39 is 12.1 Å². The van der Waals surface area contributed by atoms with E-state index in [1.165, 1.54) is 0 Å². The van der Waals surface area contributed by atoms with E-state index in [2.05, 4.69) is 18.8 Å². The van der Waals surface area contributed by atoms with Gasteiger partial charge in [0.1, 0.15) is 0 Å². The normalized spacial score (nSPS) is 12.3. The number of rotatable bonds is 5. The number of carbonyl (C=O) groups excluding carboxylic acids is 2. The summed E-state index contributed by atoms with van der Waals surface area (Å²) in [7, 11) is 0. The number of hydrogen-bond donors (Lipinski definition) is 1. The number of aryl methyl sites for hydroxylation is 1. The smallest absolute Gasteiger partial charge is 0.338 e. The van der Waals surface area contributed by atoms with E-state index in [1.54, 1.807) is 19.1 Å². The molecule has 0 aliphatic heterocycles. The third-order valence-electron chi connectivity index (χ3n) is 4.61. The van der Waals surface area contributed by atoms with Crippen molar-refractivity contribution in [3.8, 4) is 0 Å². The first kappa shape index (κ1) is 17.9. The Labute approximate surface area is 153 Å². The summed E-state index contributed by atoms with van der Waals surface area (Å²) in [4.78, 5) is 28.4. The van der Waals surface area contributed by atoms with Crippen LogP contribution >= 0.6 is 0 Å². The molecule has 1 atom stereocenters. The molecule has 134 valence electrons. The minimum Gasteiger partial charge on any atom is -0.451 e. The molecule has 3 rings (SSSR count). The van der Waals surface area contributed by atoms with Crippen LogP contribution in [0.5, 0.6) is 0 Å². The molecule has 0 aliphatic rings. The zero-order valence-corrected chi connectivity index (χ0v) is 15.5. The van der Waals surface area contributed by atoms with E-state index in [1.807, 2.05) is 43.3 Å². The number of benzene rings is 2. The van der Waals surface area contributed by atoms with Gasteiger partial charge in [-0.2, -0.15) is 0 Å². The van der Waals surface area contributed by atoms with Gasteiger partial charge in [0.2, 0.25) is 5.78 Å². The molecule has 1 aromatic heterocycles. The number of para-hydroxylation sites is 1. The van der Waals surface area contributed by atoms with Gasteiger partial charge in [-0.05, 0) is 43.5 Å². The average molecular weight is 349 g/mol. The van der Waals surface area contributed by atoms with Crippen LogP contribution in [0.3, 0.4) is 0 Å². The second-order valence-electron chi connectivity index (χ2n) is 6.86. The molecule has 0 aliphatic carbocycles. The summed E-state index contributed by atoms with van der Waals surface area (Å²) in [6, 6.07) is 14.9. The van der Waals surface area contributed by atoms with Gasteiger partial charge in [-0.25, -0.2) is 4.79 Å². The van der Waals surface area contributed by atoms with Gasteiger partial charge in [-0.1, -0.05) is 44.2 Å². The first-order chi connectivity index (χ1) is 12.4. The minimum atomic E-state index is -0.856. The number of aromatic nitrogens is 1. The molecule has 0 amide bonds. The van der Waals surface area contributed by atoms with Gasteiger partial charge in [-0.15, -0.1) is 0 Å². The molecule has 1 heterocycles. The molecule has 0 bridgehead atoms. The molecular weight excluding hydrogens is 326 g/mol. The highest BCUT2D eigenvalue weighted by molar-refractivity contribution is 6.11. The Morgan fingerprint density at radius 2 is 1.62 bits per heavy atom. The number of esters is 1. The van der Waals surface area contributed by atoms with E-state index in [9.17, 15) is 9.59 Å². The van der Waals surface area contributed by atoms with E-state index in [0.717, 1.165) is 22.2 Å². The lowest BCUT2D eigenvalue weighted by Gasteiger charge is -2.13. The van der Waals surface area contributed by atoms with Crippen molar-refractivity contribution in [1.29, 1.82) is 0 Å². The predicted molar refractivity (Wildman–Crippen MR) is 103 cm³/mol. The Bertz CT molecular complexity index is 951. The summed E-state index contributed by atoms with van der Waals surface area (Å²) in [5.41, 5.74) is 3.86. The van der Waals surface area contributed by atoms with Crippen LogP contribution in [0.4, 0.5) is 0 Å². The largest absolute Gasteiger partial charge is 0.451 e. The molecule has 0 saturated carbocycles. The molecule has 3 aromatic rings. The van der Waals surface area contributed by atoms with Gasteiger partial charge in [-0.3, -0.25) is 4.79 Å². The Balaban J connectivity index is 1.78. The number of hydrogen-bond acceptors (Lipinski definition) is 3. The number of aromatic amines is 1. The SMILES string of the molecule is Cc1[nH]c2ccccc2c1C(=O)[C@H](C)OC(=O)c1ccc(C(C)C)cc1. The molecule has 4 heteroatoms. The lowest BCUT2D eigenvalue weighted by molar-refractivity contribution is 0.0319. The summed E-state index contributed by atoms with van der Waals surface area (Å²) in [6.45, 7) is 7.66. The van der Waals surface area contributed by atoms with Crippen molar-refractivity contribution >= 4 is 22.7 Å². The van der Waals surface area contributed by atoms with Crippen LogP contribution in [0.15, 0.2) is 48.5 Å². The van der Waals surface area contributed by atoms with Crippen LogP contribution in [0.25, 0.3) is 10.9 Å². The first-order valence-electron chi connectivity index (χ1n) is 8.81. The fourth-order valence-corrected chi connectivity index (χ4v) is 3.08. The monoisotopic (exact) mass is 349 g/mol. The summed E-state index contributed by atoms with van der Waals surface area (Å²) >= 11 is 0. The zero-order valence-electron chi connectivity index (χ0n) is 15.5. The Morgan fingerprint density at radius 1 is 0.962 bits per heavy atom. The minimum absolute atomic E-state index is 0.202. The molecule has 4 nitrogen and oxygen atoms in total. The summed E-state index contributed by atoms with van der Waals surface area (Å²) in [6.07, 6.45) is -0.856. The number of carbonyl (C=O) groups is 2. The maximum absolute atomic E-state index is 12.9. The van der Waals surface area contributed by atoms with E-state index in [-0.39, 0.29) is 5.78 Å². The van der Waals surface area contributed by atoms with Crippen molar-refractivity contribution in [1.82, 2.24) is 4.98 Å².